The lowest BCUT2D eigenvalue weighted by molar-refractivity contribution is 0.557. The maximum Gasteiger partial charge on any atom is 0.235 e. The van der Waals surface area contributed by atoms with E-state index in [9.17, 15) is 9.59 Å². The van der Waals surface area contributed by atoms with Gasteiger partial charge in [-0.25, -0.2) is 19.6 Å². The van der Waals surface area contributed by atoms with Crippen molar-refractivity contribution >= 4 is 62.7 Å². The SMILES string of the molecule is CC(Cc1c(S)c(S)c(S)c(CC(C)N=C=O)c1S)N=C=O. The first-order chi connectivity index (χ1) is 10.3. The van der Waals surface area contributed by atoms with Crippen LogP contribution in [0.25, 0.3) is 0 Å². The van der Waals surface area contributed by atoms with Crippen LogP contribution in [0.1, 0.15) is 25.0 Å². The van der Waals surface area contributed by atoms with Crippen LogP contribution in [0.3, 0.4) is 0 Å². The van der Waals surface area contributed by atoms with E-state index in [4.69, 9.17) is 0 Å². The Labute approximate surface area is 151 Å². The Hall–Kier alpha value is -0.620. The normalized spacial score (nSPS) is 13.0. The van der Waals surface area contributed by atoms with Crippen LogP contribution in [0, 0.1) is 0 Å². The van der Waals surface area contributed by atoms with Crippen molar-refractivity contribution in [1.29, 1.82) is 0 Å². The summed E-state index contributed by atoms with van der Waals surface area (Å²) in [6, 6.07) is -0.489. The fourth-order valence-electron chi connectivity index (χ4n) is 2.05. The molecule has 118 valence electrons. The summed E-state index contributed by atoms with van der Waals surface area (Å²) in [5.74, 6) is 0. The Bertz CT molecular complexity index is 612. The minimum atomic E-state index is -0.244. The number of benzene rings is 1. The van der Waals surface area contributed by atoms with E-state index in [1.807, 2.05) is 0 Å². The maximum absolute atomic E-state index is 10.4. The Kier molecular flexibility index (Phi) is 7.83. The molecule has 0 aliphatic rings. The monoisotopic (exact) mass is 372 g/mol. The molecule has 1 aromatic rings. The van der Waals surface area contributed by atoms with Gasteiger partial charge < -0.3 is 0 Å². The molecule has 0 spiro atoms. The van der Waals surface area contributed by atoms with Crippen molar-refractivity contribution in [3.05, 3.63) is 11.1 Å². The van der Waals surface area contributed by atoms with Crippen LogP contribution >= 0.6 is 50.5 Å². The fraction of sp³-hybridized carbons (Fsp3) is 0.429. The van der Waals surface area contributed by atoms with Crippen LogP contribution in [0.4, 0.5) is 0 Å². The molecule has 0 saturated heterocycles. The molecule has 22 heavy (non-hydrogen) atoms. The summed E-state index contributed by atoms with van der Waals surface area (Å²) in [7, 11) is 0. The molecule has 8 heteroatoms. The molecule has 0 amide bonds. The number of rotatable bonds is 6. The summed E-state index contributed by atoms with van der Waals surface area (Å²) in [4.78, 5) is 30.8. The third-order valence-electron chi connectivity index (χ3n) is 3.14. The highest BCUT2D eigenvalue weighted by Gasteiger charge is 2.20. The van der Waals surface area contributed by atoms with Crippen molar-refractivity contribution in [2.45, 2.75) is 58.4 Å². The zero-order valence-electron chi connectivity index (χ0n) is 12.1. The first-order valence-electron chi connectivity index (χ1n) is 6.44. The predicted octanol–water partition coefficient (Wildman–Crippen LogP) is 3.38. The van der Waals surface area contributed by atoms with Gasteiger partial charge in [0, 0.05) is 19.6 Å². The molecule has 0 heterocycles. The molecular formula is C14H16N2O2S4. The van der Waals surface area contributed by atoms with Gasteiger partial charge in [-0.15, -0.1) is 50.5 Å². The minimum Gasteiger partial charge on any atom is -0.211 e. The Morgan fingerprint density at radius 2 is 1.14 bits per heavy atom. The Morgan fingerprint density at radius 3 is 1.45 bits per heavy atom. The van der Waals surface area contributed by atoms with Gasteiger partial charge in [0.05, 0.1) is 12.1 Å². The van der Waals surface area contributed by atoms with Gasteiger partial charge in [0.15, 0.2) is 0 Å². The molecule has 1 rings (SSSR count). The number of aliphatic imine (C=N–C) groups is 2. The largest absolute Gasteiger partial charge is 0.235 e. The van der Waals surface area contributed by atoms with Crippen molar-refractivity contribution in [3.63, 3.8) is 0 Å². The highest BCUT2D eigenvalue weighted by molar-refractivity contribution is 7.85. The van der Waals surface area contributed by atoms with Gasteiger partial charge in [-0.3, -0.25) is 0 Å². The number of hydrogen-bond acceptors (Lipinski definition) is 8. The van der Waals surface area contributed by atoms with Crippen molar-refractivity contribution in [1.82, 2.24) is 0 Å². The average molecular weight is 373 g/mol. The van der Waals surface area contributed by atoms with E-state index >= 15 is 0 Å². The second-order valence-electron chi connectivity index (χ2n) is 4.90. The lowest BCUT2D eigenvalue weighted by atomic mass is 10.00. The lowest BCUT2D eigenvalue weighted by Crippen LogP contribution is -2.10. The van der Waals surface area contributed by atoms with E-state index in [2.05, 4.69) is 60.5 Å². The molecule has 0 saturated carbocycles. The Balaban J connectivity index is 3.36. The minimum absolute atomic E-state index is 0.244. The van der Waals surface area contributed by atoms with E-state index < -0.39 is 0 Å². The van der Waals surface area contributed by atoms with E-state index in [1.54, 1.807) is 26.0 Å². The highest BCUT2D eigenvalue weighted by atomic mass is 32.1. The van der Waals surface area contributed by atoms with Crippen LogP contribution in [0.5, 0.6) is 0 Å². The molecule has 4 nitrogen and oxygen atoms in total. The number of carbonyl (C=O) groups excluding carboxylic acids is 2. The predicted molar refractivity (Wildman–Crippen MR) is 98.0 cm³/mol. The van der Waals surface area contributed by atoms with Crippen molar-refractivity contribution in [2.24, 2.45) is 9.98 Å². The van der Waals surface area contributed by atoms with Gasteiger partial charge >= 0.3 is 0 Å². The third kappa shape index (κ3) is 4.69. The first kappa shape index (κ1) is 19.4. The molecule has 0 aliphatic heterocycles. The lowest BCUT2D eigenvalue weighted by Gasteiger charge is -2.20. The quantitative estimate of drug-likeness (QED) is 0.351. The summed E-state index contributed by atoms with van der Waals surface area (Å²) in [6.45, 7) is 3.61. The Morgan fingerprint density at radius 1 is 0.773 bits per heavy atom. The standard InChI is InChI=1S/C14H16N2O2S4/c1-7(15-5-17)3-9-11(19)10(4-8(2)16-6-18)13(21)14(22)12(9)20/h7-8,19-22H,3-4H2,1-2H3. The van der Waals surface area contributed by atoms with E-state index in [-0.39, 0.29) is 12.1 Å². The van der Waals surface area contributed by atoms with Crippen LogP contribution in [0.15, 0.2) is 29.6 Å². The molecule has 2 atom stereocenters. The highest BCUT2D eigenvalue weighted by Crippen LogP contribution is 2.39. The fourth-order valence-corrected chi connectivity index (χ4v) is 3.62. The van der Waals surface area contributed by atoms with Gasteiger partial charge in [0.25, 0.3) is 0 Å². The smallest absolute Gasteiger partial charge is 0.211 e. The third-order valence-corrected chi connectivity index (χ3v) is 5.46. The van der Waals surface area contributed by atoms with Crippen molar-refractivity contribution in [2.75, 3.05) is 0 Å². The molecule has 0 radical (unpaired) electrons. The topological polar surface area (TPSA) is 58.9 Å². The van der Waals surface area contributed by atoms with Crippen LogP contribution < -0.4 is 0 Å². The second kappa shape index (κ2) is 8.87. The van der Waals surface area contributed by atoms with Crippen LogP contribution in [-0.2, 0) is 22.4 Å². The van der Waals surface area contributed by atoms with Crippen molar-refractivity contribution in [3.8, 4) is 0 Å². The van der Waals surface area contributed by atoms with Gasteiger partial charge in [0.1, 0.15) is 0 Å². The van der Waals surface area contributed by atoms with Gasteiger partial charge in [0.2, 0.25) is 12.2 Å². The summed E-state index contributed by atoms with van der Waals surface area (Å²) in [6.07, 6.45) is 4.06. The zero-order chi connectivity index (χ0) is 16.9. The molecule has 0 fully saturated rings. The molecule has 2 unspecified atom stereocenters. The van der Waals surface area contributed by atoms with Gasteiger partial charge in [-0.2, -0.15) is 0 Å². The van der Waals surface area contributed by atoms with Crippen LogP contribution in [-0.4, -0.2) is 24.2 Å². The van der Waals surface area contributed by atoms with Crippen molar-refractivity contribution < 1.29 is 9.59 Å². The van der Waals surface area contributed by atoms with Gasteiger partial charge in [-0.05, 0) is 37.8 Å². The molecule has 0 aliphatic carbocycles. The summed E-state index contributed by atoms with van der Waals surface area (Å²) >= 11 is 18.0. The maximum atomic E-state index is 10.4. The molecule has 1 aromatic carbocycles. The first-order valence-corrected chi connectivity index (χ1v) is 8.23. The van der Waals surface area contributed by atoms with Crippen LogP contribution in [0.2, 0.25) is 0 Å². The molecule has 0 bridgehead atoms. The summed E-state index contributed by atoms with van der Waals surface area (Å²) < 4.78 is 0. The zero-order valence-corrected chi connectivity index (χ0v) is 15.6. The number of thiol groups is 4. The van der Waals surface area contributed by atoms with E-state index in [1.165, 1.54) is 0 Å². The number of hydrogen-bond donors (Lipinski definition) is 4. The average Bonchev–Trinajstić information content (AvgIpc) is 2.47. The number of nitrogens with zero attached hydrogens (tertiary/aromatic N) is 2. The molecular weight excluding hydrogens is 356 g/mol. The molecule has 0 N–H and O–H groups in total. The van der Waals surface area contributed by atoms with Gasteiger partial charge in [-0.1, -0.05) is 0 Å². The molecule has 0 aromatic heterocycles. The van der Waals surface area contributed by atoms with E-state index in [0.29, 0.717) is 32.4 Å². The summed E-state index contributed by atoms with van der Waals surface area (Å²) in [5, 5.41) is 0. The van der Waals surface area contributed by atoms with E-state index in [0.717, 1.165) is 11.1 Å². The summed E-state index contributed by atoms with van der Waals surface area (Å²) in [5.41, 5.74) is 1.66. The number of isocyanates is 2. The second-order valence-corrected chi connectivity index (χ2v) is 6.69.